The van der Waals surface area contributed by atoms with E-state index < -0.39 is 0 Å². The number of likely N-dealkylation sites (N-methyl/N-ethyl adjacent to an activating group) is 1. The van der Waals surface area contributed by atoms with E-state index in [-0.39, 0.29) is 0 Å². The SMILES string of the molecule is C=CN(C)CCOCCOCCOCCC. The molecule has 4 nitrogen and oxygen atoms in total. The van der Waals surface area contributed by atoms with Crippen LogP contribution >= 0.6 is 0 Å². The molecule has 0 aliphatic rings. The lowest BCUT2D eigenvalue weighted by molar-refractivity contribution is 0.0130. The third-order valence-corrected chi connectivity index (χ3v) is 1.99. The van der Waals surface area contributed by atoms with Crippen molar-refractivity contribution in [1.29, 1.82) is 0 Å². The number of nitrogens with zero attached hydrogens (tertiary/aromatic N) is 1. The molecule has 0 saturated heterocycles. The van der Waals surface area contributed by atoms with Crippen molar-refractivity contribution in [2.24, 2.45) is 0 Å². The van der Waals surface area contributed by atoms with Gasteiger partial charge in [0.25, 0.3) is 0 Å². The summed E-state index contributed by atoms with van der Waals surface area (Å²) in [5.41, 5.74) is 0. The second kappa shape index (κ2) is 12.5. The minimum absolute atomic E-state index is 0.632. The van der Waals surface area contributed by atoms with E-state index in [0.717, 1.165) is 19.6 Å². The van der Waals surface area contributed by atoms with E-state index in [2.05, 4.69) is 13.5 Å². The molecule has 0 radical (unpaired) electrons. The molecular formula is C12H25NO3. The molecule has 0 aromatic rings. The molecule has 0 aliphatic heterocycles. The maximum Gasteiger partial charge on any atom is 0.0701 e. The Morgan fingerprint density at radius 2 is 1.44 bits per heavy atom. The Bertz CT molecular complexity index is 153. The van der Waals surface area contributed by atoms with Crippen molar-refractivity contribution in [3.63, 3.8) is 0 Å². The van der Waals surface area contributed by atoms with Gasteiger partial charge in [-0.3, -0.25) is 0 Å². The fourth-order valence-electron chi connectivity index (χ4n) is 0.986. The molecule has 0 heterocycles. The van der Waals surface area contributed by atoms with Crippen molar-refractivity contribution >= 4 is 0 Å². The Kier molecular flexibility index (Phi) is 12.0. The fourth-order valence-corrected chi connectivity index (χ4v) is 0.986. The number of rotatable bonds is 12. The minimum atomic E-state index is 0.632. The second-order valence-electron chi connectivity index (χ2n) is 3.50. The average Bonchev–Trinajstić information content (AvgIpc) is 2.31. The summed E-state index contributed by atoms with van der Waals surface area (Å²) in [5.74, 6) is 0. The third-order valence-electron chi connectivity index (χ3n) is 1.99. The van der Waals surface area contributed by atoms with Gasteiger partial charge in [-0.2, -0.15) is 0 Å². The Balaban J connectivity index is 2.96. The Hall–Kier alpha value is -0.580. The summed E-state index contributed by atoms with van der Waals surface area (Å²) >= 11 is 0. The highest BCUT2D eigenvalue weighted by molar-refractivity contribution is 4.64. The molecule has 96 valence electrons. The first-order valence-corrected chi connectivity index (χ1v) is 5.87. The van der Waals surface area contributed by atoms with E-state index in [9.17, 15) is 0 Å². The van der Waals surface area contributed by atoms with Crippen LogP contribution in [0.4, 0.5) is 0 Å². The summed E-state index contributed by atoms with van der Waals surface area (Å²) in [5, 5.41) is 0. The summed E-state index contributed by atoms with van der Waals surface area (Å²) in [4.78, 5) is 1.99. The number of ether oxygens (including phenoxy) is 3. The van der Waals surface area contributed by atoms with Gasteiger partial charge in [0.05, 0.1) is 33.0 Å². The van der Waals surface area contributed by atoms with E-state index in [4.69, 9.17) is 14.2 Å². The van der Waals surface area contributed by atoms with Gasteiger partial charge in [0.1, 0.15) is 0 Å². The summed E-state index contributed by atoms with van der Waals surface area (Å²) in [6.07, 6.45) is 2.84. The molecule has 0 atom stereocenters. The number of hydrogen-bond donors (Lipinski definition) is 0. The first-order chi connectivity index (χ1) is 7.81. The molecule has 0 rings (SSSR count). The maximum atomic E-state index is 5.38. The topological polar surface area (TPSA) is 30.9 Å². The first-order valence-electron chi connectivity index (χ1n) is 5.87. The lowest BCUT2D eigenvalue weighted by Crippen LogP contribution is -2.18. The van der Waals surface area contributed by atoms with Crippen LogP contribution in [-0.2, 0) is 14.2 Å². The third kappa shape index (κ3) is 11.5. The van der Waals surface area contributed by atoms with Crippen molar-refractivity contribution in [2.75, 3.05) is 53.2 Å². The molecule has 0 aromatic carbocycles. The molecule has 0 bridgehead atoms. The first kappa shape index (κ1) is 15.4. The van der Waals surface area contributed by atoms with Crippen LogP contribution < -0.4 is 0 Å². The predicted molar refractivity (Wildman–Crippen MR) is 65.6 cm³/mol. The van der Waals surface area contributed by atoms with Crippen LogP contribution in [0.3, 0.4) is 0 Å². The van der Waals surface area contributed by atoms with Crippen LogP contribution in [0.5, 0.6) is 0 Å². The Morgan fingerprint density at radius 3 is 1.94 bits per heavy atom. The Labute approximate surface area is 99.2 Å². The van der Waals surface area contributed by atoms with Gasteiger partial charge in [-0.15, -0.1) is 0 Å². The lowest BCUT2D eigenvalue weighted by atomic mass is 10.5. The van der Waals surface area contributed by atoms with Gasteiger partial charge in [0.2, 0.25) is 0 Å². The molecule has 0 saturated carbocycles. The average molecular weight is 231 g/mol. The van der Waals surface area contributed by atoms with Crippen molar-refractivity contribution < 1.29 is 14.2 Å². The van der Waals surface area contributed by atoms with Crippen LogP contribution in [0.15, 0.2) is 12.8 Å². The zero-order chi connectivity index (χ0) is 12.1. The molecule has 0 unspecified atom stereocenters. The molecule has 0 fully saturated rings. The van der Waals surface area contributed by atoms with E-state index in [1.54, 1.807) is 6.20 Å². The second-order valence-corrected chi connectivity index (χ2v) is 3.50. The molecule has 0 N–H and O–H groups in total. The minimum Gasteiger partial charge on any atom is -0.379 e. The van der Waals surface area contributed by atoms with Crippen molar-refractivity contribution in [3.8, 4) is 0 Å². The largest absolute Gasteiger partial charge is 0.379 e. The normalized spacial score (nSPS) is 10.4. The lowest BCUT2D eigenvalue weighted by Gasteiger charge is -2.12. The molecule has 0 spiro atoms. The molecule has 4 heteroatoms. The van der Waals surface area contributed by atoms with Crippen LogP contribution in [0.2, 0.25) is 0 Å². The van der Waals surface area contributed by atoms with E-state index in [1.807, 2.05) is 11.9 Å². The van der Waals surface area contributed by atoms with Gasteiger partial charge in [-0.05, 0) is 12.6 Å². The summed E-state index contributed by atoms with van der Waals surface area (Å²) in [6, 6.07) is 0. The van der Waals surface area contributed by atoms with Gasteiger partial charge in [-0.25, -0.2) is 0 Å². The smallest absolute Gasteiger partial charge is 0.0701 e. The van der Waals surface area contributed by atoms with E-state index in [0.29, 0.717) is 33.0 Å². The van der Waals surface area contributed by atoms with E-state index in [1.165, 1.54) is 0 Å². The summed E-state index contributed by atoms with van der Waals surface area (Å²) in [6.45, 7) is 10.7. The standard InChI is InChI=1S/C12H25NO3/c1-4-7-14-9-11-16-12-10-15-8-6-13(3)5-2/h5H,2,4,6-12H2,1,3H3. The quantitative estimate of drug-likeness (QED) is 0.477. The van der Waals surface area contributed by atoms with Gasteiger partial charge < -0.3 is 19.1 Å². The molecule has 0 amide bonds. The van der Waals surface area contributed by atoms with Crippen molar-refractivity contribution in [1.82, 2.24) is 4.90 Å². The molecule has 0 aromatic heterocycles. The zero-order valence-electron chi connectivity index (χ0n) is 10.6. The molecule has 16 heavy (non-hydrogen) atoms. The summed E-state index contributed by atoms with van der Waals surface area (Å²) in [7, 11) is 1.97. The van der Waals surface area contributed by atoms with Crippen LogP contribution in [0, 0.1) is 0 Å². The fraction of sp³-hybridized carbons (Fsp3) is 0.833. The maximum absolute atomic E-state index is 5.38. The van der Waals surface area contributed by atoms with Gasteiger partial charge in [0.15, 0.2) is 0 Å². The Morgan fingerprint density at radius 1 is 0.938 bits per heavy atom. The monoisotopic (exact) mass is 231 g/mol. The van der Waals surface area contributed by atoms with Gasteiger partial charge >= 0.3 is 0 Å². The van der Waals surface area contributed by atoms with Gasteiger partial charge in [0, 0.05) is 20.2 Å². The number of hydrogen-bond acceptors (Lipinski definition) is 4. The van der Waals surface area contributed by atoms with Crippen LogP contribution in [0.1, 0.15) is 13.3 Å². The molecule has 0 aliphatic carbocycles. The molecular weight excluding hydrogens is 206 g/mol. The highest BCUT2D eigenvalue weighted by Gasteiger charge is 1.92. The highest BCUT2D eigenvalue weighted by Crippen LogP contribution is 1.85. The predicted octanol–water partition coefficient (Wildman–Crippen LogP) is 1.52. The summed E-state index contributed by atoms with van der Waals surface area (Å²) < 4.78 is 16.0. The van der Waals surface area contributed by atoms with E-state index >= 15 is 0 Å². The van der Waals surface area contributed by atoms with Crippen molar-refractivity contribution in [2.45, 2.75) is 13.3 Å². The van der Waals surface area contributed by atoms with Crippen molar-refractivity contribution in [3.05, 3.63) is 12.8 Å². The van der Waals surface area contributed by atoms with Gasteiger partial charge in [-0.1, -0.05) is 13.5 Å². The van der Waals surface area contributed by atoms with Crippen LogP contribution in [-0.4, -0.2) is 58.1 Å². The highest BCUT2D eigenvalue weighted by atomic mass is 16.5. The zero-order valence-corrected chi connectivity index (χ0v) is 10.6. The van der Waals surface area contributed by atoms with Crippen LogP contribution in [0.25, 0.3) is 0 Å².